The standard InChI is InChI=1S/C18H19ClN2O2/c1-12-5-3-4-6-16(12)21-18(23)11-17(20-13(2)22)14-7-9-15(19)10-8-14/h3-10,17H,11H2,1-2H3,(H,20,22)(H,21,23). The van der Waals surface area contributed by atoms with E-state index >= 15 is 0 Å². The van der Waals surface area contributed by atoms with Gasteiger partial charge >= 0.3 is 0 Å². The molecule has 0 aromatic heterocycles. The summed E-state index contributed by atoms with van der Waals surface area (Å²) < 4.78 is 0. The molecule has 0 aliphatic rings. The van der Waals surface area contributed by atoms with Crippen LogP contribution >= 0.6 is 11.6 Å². The van der Waals surface area contributed by atoms with Crippen molar-refractivity contribution in [2.75, 3.05) is 5.32 Å². The number of carbonyl (C=O) groups excluding carboxylic acids is 2. The van der Waals surface area contributed by atoms with Gasteiger partial charge < -0.3 is 10.6 Å². The molecule has 0 aliphatic carbocycles. The summed E-state index contributed by atoms with van der Waals surface area (Å²) in [6.07, 6.45) is 0.148. The van der Waals surface area contributed by atoms with Crippen LogP contribution in [0.1, 0.15) is 30.5 Å². The lowest BCUT2D eigenvalue weighted by atomic mass is 10.0. The van der Waals surface area contributed by atoms with Gasteiger partial charge in [0.15, 0.2) is 0 Å². The monoisotopic (exact) mass is 330 g/mol. The van der Waals surface area contributed by atoms with Crippen molar-refractivity contribution in [2.24, 2.45) is 0 Å². The zero-order valence-electron chi connectivity index (χ0n) is 13.1. The second-order valence-electron chi connectivity index (χ2n) is 5.37. The molecule has 1 unspecified atom stereocenters. The molecule has 0 radical (unpaired) electrons. The van der Waals surface area contributed by atoms with Gasteiger partial charge in [0.25, 0.3) is 0 Å². The molecule has 0 spiro atoms. The maximum absolute atomic E-state index is 12.3. The predicted octanol–water partition coefficient (Wildman–Crippen LogP) is 3.85. The van der Waals surface area contributed by atoms with Crippen LogP contribution in [0, 0.1) is 6.92 Å². The third kappa shape index (κ3) is 5.11. The Morgan fingerprint density at radius 3 is 2.35 bits per heavy atom. The van der Waals surface area contributed by atoms with E-state index in [1.807, 2.05) is 43.3 Å². The Kier molecular flexibility index (Phi) is 5.77. The van der Waals surface area contributed by atoms with E-state index in [9.17, 15) is 9.59 Å². The summed E-state index contributed by atoms with van der Waals surface area (Å²) in [6, 6.07) is 14.3. The van der Waals surface area contributed by atoms with Crippen LogP contribution in [-0.4, -0.2) is 11.8 Å². The summed E-state index contributed by atoms with van der Waals surface area (Å²) in [5, 5.41) is 6.29. The molecule has 0 fully saturated rings. The first-order valence-electron chi connectivity index (χ1n) is 7.34. The van der Waals surface area contributed by atoms with E-state index in [4.69, 9.17) is 11.6 Å². The first-order valence-corrected chi connectivity index (χ1v) is 7.71. The summed E-state index contributed by atoms with van der Waals surface area (Å²) >= 11 is 5.89. The second-order valence-corrected chi connectivity index (χ2v) is 5.81. The minimum Gasteiger partial charge on any atom is -0.349 e. The average molecular weight is 331 g/mol. The van der Waals surface area contributed by atoms with Crippen molar-refractivity contribution >= 4 is 29.1 Å². The fourth-order valence-electron chi connectivity index (χ4n) is 2.29. The molecule has 2 aromatic carbocycles. The molecule has 2 aromatic rings. The Morgan fingerprint density at radius 2 is 1.74 bits per heavy atom. The van der Waals surface area contributed by atoms with Gasteiger partial charge in [0.2, 0.25) is 11.8 Å². The Balaban J connectivity index is 2.11. The molecule has 0 heterocycles. The molecule has 0 saturated carbocycles. The van der Waals surface area contributed by atoms with E-state index in [1.54, 1.807) is 12.1 Å². The molecule has 0 aliphatic heterocycles. The largest absolute Gasteiger partial charge is 0.349 e. The van der Waals surface area contributed by atoms with E-state index < -0.39 is 6.04 Å². The summed E-state index contributed by atoms with van der Waals surface area (Å²) in [6.45, 7) is 3.36. The Hall–Kier alpha value is -2.33. The maximum Gasteiger partial charge on any atom is 0.226 e. The molecule has 120 valence electrons. The molecule has 2 amide bonds. The lowest BCUT2D eigenvalue weighted by Crippen LogP contribution is -2.29. The molecule has 5 heteroatoms. The van der Waals surface area contributed by atoms with E-state index in [2.05, 4.69) is 10.6 Å². The van der Waals surface area contributed by atoms with Crippen LogP contribution < -0.4 is 10.6 Å². The van der Waals surface area contributed by atoms with E-state index in [1.165, 1.54) is 6.92 Å². The molecule has 23 heavy (non-hydrogen) atoms. The predicted molar refractivity (Wildman–Crippen MR) is 92.4 cm³/mol. The molecular formula is C18H19ClN2O2. The normalized spacial score (nSPS) is 11.6. The van der Waals surface area contributed by atoms with Crippen LogP contribution in [0.3, 0.4) is 0 Å². The summed E-state index contributed by atoms with van der Waals surface area (Å²) in [7, 11) is 0. The molecular weight excluding hydrogens is 312 g/mol. The molecule has 1 atom stereocenters. The topological polar surface area (TPSA) is 58.2 Å². The third-order valence-electron chi connectivity index (χ3n) is 3.46. The number of para-hydroxylation sites is 1. The van der Waals surface area contributed by atoms with Gasteiger partial charge in [-0.25, -0.2) is 0 Å². The van der Waals surface area contributed by atoms with Crippen LogP contribution in [0.4, 0.5) is 5.69 Å². The van der Waals surface area contributed by atoms with Crippen LogP contribution in [0.2, 0.25) is 5.02 Å². The second kappa shape index (κ2) is 7.79. The SMILES string of the molecule is CC(=O)NC(CC(=O)Nc1ccccc1C)c1ccc(Cl)cc1. The lowest BCUT2D eigenvalue weighted by Gasteiger charge is -2.18. The maximum atomic E-state index is 12.3. The molecule has 2 rings (SSSR count). The highest BCUT2D eigenvalue weighted by Crippen LogP contribution is 2.21. The van der Waals surface area contributed by atoms with Gasteiger partial charge in [-0.15, -0.1) is 0 Å². The van der Waals surface area contributed by atoms with Crippen molar-refractivity contribution in [2.45, 2.75) is 26.3 Å². The van der Waals surface area contributed by atoms with Crippen molar-refractivity contribution in [3.63, 3.8) is 0 Å². The van der Waals surface area contributed by atoms with Gasteiger partial charge in [0.1, 0.15) is 0 Å². The molecule has 2 N–H and O–H groups in total. The minimum absolute atomic E-state index is 0.148. The molecule has 0 bridgehead atoms. The zero-order chi connectivity index (χ0) is 16.8. The third-order valence-corrected chi connectivity index (χ3v) is 3.71. The number of aryl methyl sites for hydroxylation is 1. The van der Waals surface area contributed by atoms with Crippen molar-refractivity contribution in [3.8, 4) is 0 Å². The Labute approximate surface area is 140 Å². The van der Waals surface area contributed by atoms with Gasteiger partial charge in [0.05, 0.1) is 12.5 Å². The number of rotatable bonds is 5. The number of anilines is 1. The summed E-state index contributed by atoms with van der Waals surface area (Å²) in [5.41, 5.74) is 2.60. The number of hydrogen-bond donors (Lipinski definition) is 2. The van der Waals surface area contributed by atoms with Gasteiger partial charge in [-0.2, -0.15) is 0 Å². The number of hydrogen-bond acceptors (Lipinski definition) is 2. The zero-order valence-corrected chi connectivity index (χ0v) is 13.9. The highest BCUT2D eigenvalue weighted by molar-refractivity contribution is 6.30. The van der Waals surface area contributed by atoms with Crippen molar-refractivity contribution in [3.05, 3.63) is 64.7 Å². The van der Waals surface area contributed by atoms with Gasteiger partial charge in [-0.1, -0.05) is 41.9 Å². The lowest BCUT2D eigenvalue weighted by molar-refractivity contribution is -0.120. The smallest absolute Gasteiger partial charge is 0.226 e. The van der Waals surface area contributed by atoms with Crippen LogP contribution in [0.25, 0.3) is 0 Å². The fraction of sp³-hybridized carbons (Fsp3) is 0.222. The molecule has 4 nitrogen and oxygen atoms in total. The van der Waals surface area contributed by atoms with Crippen LogP contribution in [-0.2, 0) is 9.59 Å². The molecule has 0 saturated heterocycles. The highest BCUT2D eigenvalue weighted by atomic mass is 35.5. The fourth-order valence-corrected chi connectivity index (χ4v) is 2.42. The van der Waals surface area contributed by atoms with Gasteiger partial charge in [-0.3, -0.25) is 9.59 Å². The van der Waals surface area contributed by atoms with Crippen LogP contribution in [0.5, 0.6) is 0 Å². The van der Waals surface area contributed by atoms with E-state index in [0.29, 0.717) is 5.02 Å². The summed E-state index contributed by atoms with van der Waals surface area (Å²) in [5.74, 6) is -0.346. The van der Waals surface area contributed by atoms with Crippen molar-refractivity contribution in [1.29, 1.82) is 0 Å². The number of benzene rings is 2. The van der Waals surface area contributed by atoms with Gasteiger partial charge in [0, 0.05) is 17.6 Å². The van der Waals surface area contributed by atoms with Crippen LogP contribution in [0.15, 0.2) is 48.5 Å². The minimum atomic E-state index is -0.395. The van der Waals surface area contributed by atoms with Crippen molar-refractivity contribution < 1.29 is 9.59 Å². The highest BCUT2D eigenvalue weighted by Gasteiger charge is 2.17. The van der Waals surface area contributed by atoms with Gasteiger partial charge in [-0.05, 0) is 36.2 Å². The number of carbonyl (C=O) groups is 2. The number of halogens is 1. The quantitative estimate of drug-likeness (QED) is 0.874. The number of nitrogens with one attached hydrogen (secondary N) is 2. The average Bonchev–Trinajstić information content (AvgIpc) is 2.49. The first-order chi connectivity index (χ1) is 11.0. The van der Waals surface area contributed by atoms with E-state index in [0.717, 1.165) is 16.8 Å². The number of amides is 2. The van der Waals surface area contributed by atoms with Crippen molar-refractivity contribution in [1.82, 2.24) is 5.32 Å². The summed E-state index contributed by atoms with van der Waals surface area (Å²) in [4.78, 5) is 23.7. The Morgan fingerprint density at radius 1 is 1.09 bits per heavy atom. The Bertz CT molecular complexity index is 698. The first kappa shape index (κ1) is 17.0. The van der Waals surface area contributed by atoms with E-state index in [-0.39, 0.29) is 18.2 Å².